The van der Waals surface area contributed by atoms with Gasteiger partial charge < -0.3 is 10.6 Å². The Morgan fingerprint density at radius 3 is 2.58 bits per heavy atom. The smallest absolute Gasteiger partial charge is 0.123 e. The normalized spacial score (nSPS) is 19.0. The van der Waals surface area contributed by atoms with Crippen molar-refractivity contribution in [2.24, 2.45) is 5.73 Å². The Morgan fingerprint density at radius 2 is 1.95 bits per heavy atom. The molecule has 19 heavy (non-hydrogen) atoms. The molecule has 1 atom stereocenters. The van der Waals surface area contributed by atoms with E-state index >= 15 is 0 Å². The fraction of sp³-hybridized carbons (Fsp3) is 0.312. The number of nitrogens with two attached hydrogens (primary N) is 1. The van der Waals surface area contributed by atoms with Crippen molar-refractivity contribution < 1.29 is 0 Å². The maximum absolute atomic E-state index is 7.70. The minimum absolute atomic E-state index is 0.136. The van der Waals surface area contributed by atoms with Crippen LogP contribution >= 0.6 is 0 Å². The van der Waals surface area contributed by atoms with Crippen LogP contribution in [0.15, 0.2) is 36.4 Å². The SMILES string of the molecule is CC1CCCN1c1ccc(C(=N)N)c2ccccc12. The Morgan fingerprint density at radius 1 is 1.21 bits per heavy atom. The second-order valence-electron chi connectivity index (χ2n) is 5.28. The monoisotopic (exact) mass is 253 g/mol. The molecule has 0 spiro atoms. The largest absolute Gasteiger partial charge is 0.384 e. The summed E-state index contributed by atoms with van der Waals surface area (Å²) < 4.78 is 0. The highest BCUT2D eigenvalue weighted by molar-refractivity contribution is 6.10. The number of hydrogen-bond acceptors (Lipinski definition) is 2. The Bertz CT molecular complexity index is 633. The summed E-state index contributed by atoms with van der Waals surface area (Å²) in [4.78, 5) is 2.46. The molecule has 1 aliphatic rings. The highest BCUT2D eigenvalue weighted by Gasteiger charge is 2.22. The van der Waals surface area contributed by atoms with E-state index < -0.39 is 0 Å². The van der Waals surface area contributed by atoms with Crippen molar-refractivity contribution in [1.82, 2.24) is 0 Å². The molecule has 0 bridgehead atoms. The second-order valence-corrected chi connectivity index (χ2v) is 5.28. The van der Waals surface area contributed by atoms with Gasteiger partial charge in [0.15, 0.2) is 0 Å². The summed E-state index contributed by atoms with van der Waals surface area (Å²) >= 11 is 0. The average molecular weight is 253 g/mol. The van der Waals surface area contributed by atoms with Crippen LogP contribution in [0.2, 0.25) is 0 Å². The van der Waals surface area contributed by atoms with Crippen LogP contribution in [0, 0.1) is 5.41 Å². The first-order valence-corrected chi connectivity index (χ1v) is 6.81. The van der Waals surface area contributed by atoms with E-state index in [9.17, 15) is 0 Å². The molecule has 3 rings (SSSR count). The number of rotatable bonds is 2. The average Bonchev–Trinajstić information content (AvgIpc) is 2.83. The zero-order chi connectivity index (χ0) is 13.4. The van der Waals surface area contributed by atoms with Gasteiger partial charge in [-0.15, -0.1) is 0 Å². The molecule has 3 heteroatoms. The van der Waals surface area contributed by atoms with Crippen molar-refractivity contribution in [2.75, 3.05) is 11.4 Å². The Balaban J connectivity index is 2.22. The van der Waals surface area contributed by atoms with Gasteiger partial charge in [0, 0.05) is 29.2 Å². The van der Waals surface area contributed by atoms with E-state index in [1.807, 2.05) is 12.1 Å². The first kappa shape index (κ1) is 12.0. The number of fused-ring (bicyclic) bond motifs is 1. The zero-order valence-corrected chi connectivity index (χ0v) is 11.2. The van der Waals surface area contributed by atoms with Gasteiger partial charge in [-0.05, 0) is 37.3 Å². The molecular weight excluding hydrogens is 234 g/mol. The van der Waals surface area contributed by atoms with E-state index in [2.05, 4.69) is 36.1 Å². The number of nitrogens with zero attached hydrogens (tertiary/aromatic N) is 1. The molecule has 98 valence electrons. The minimum atomic E-state index is 0.136. The number of benzene rings is 2. The molecule has 3 N–H and O–H groups in total. The van der Waals surface area contributed by atoms with Crippen molar-refractivity contribution >= 4 is 22.3 Å². The van der Waals surface area contributed by atoms with Gasteiger partial charge in [0.05, 0.1) is 0 Å². The van der Waals surface area contributed by atoms with E-state index in [0.717, 1.165) is 17.5 Å². The van der Waals surface area contributed by atoms with Crippen molar-refractivity contribution in [3.63, 3.8) is 0 Å². The third-order valence-corrected chi connectivity index (χ3v) is 4.05. The van der Waals surface area contributed by atoms with Crippen LogP contribution in [0.1, 0.15) is 25.3 Å². The molecule has 3 nitrogen and oxygen atoms in total. The Kier molecular flexibility index (Phi) is 2.90. The zero-order valence-electron chi connectivity index (χ0n) is 11.2. The molecule has 1 saturated heterocycles. The highest BCUT2D eigenvalue weighted by Crippen LogP contribution is 2.33. The fourth-order valence-electron chi connectivity index (χ4n) is 3.06. The summed E-state index contributed by atoms with van der Waals surface area (Å²) in [6.07, 6.45) is 2.51. The van der Waals surface area contributed by atoms with Gasteiger partial charge in [-0.25, -0.2) is 0 Å². The molecule has 0 radical (unpaired) electrons. The number of hydrogen-bond donors (Lipinski definition) is 2. The van der Waals surface area contributed by atoms with Gasteiger partial charge in [0.2, 0.25) is 0 Å². The van der Waals surface area contributed by atoms with Crippen LogP contribution in [-0.4, -0.2) is 18.4 Å². The Hall–Kier alpha value is -2.03. The molecule has 1 aliphatic heterocycles. The van der Waals surface area contributed by atoms with Crippen molar-refractivity contribution in [2.45, 2.75) is 25.8 Å². The molecule has 2 aromatic carbocycles. The predicted octanol–water partition coefficient (Wildman–Crippen LogP) is 3.11. The van der Waals surface area contributed by atoms with Gasteiger partial charge in [0.1, 0.15) is 5.84 Å². The van der Waals surface area contributed by atoms with Crippen LogP contribution in [-0.2, 0) is 0 Å². The first-order valence-electron chi connectivity index (χ1n) is 6.81. The quantitative estimate of drug-likeness (QED) is 0.638. The lowest BCUT2D eigenvalue weighted by molar-refractivity contribution is 0.737. The molecule has 0 amide bonds. The first-order chi connectivity index (χ1) is 9.18. The summed E-state index contributed by atoms with van der Waals surface area (Å²) in [7, 11) is 0. The molecule has 0 aliphatic carbocycles. The van der Waals surface area contributed by atoms with Crippen LogP contribution in [0.4, 0.5) is 5.69 Å². The highest BCUT2D eigenvalue weighted by atomic mass is 15.2. The van der Waals surface area contributed by atoms with Crippen LogP contribution < -0.4 is 10.6 Å². The van der Waals surface area contributed by atoms with E-state index in [-0.39, 0.29) is 5.84 Å². The predicted molar refractivity (Wildman–Crippen MR) is 81.0 cm³/mol. The molecule has 1 unspecified atom stereocenters. The fourth-order valence-corrected chi connectivity index (χ4v) is 3.06. The third-order valence-electron chi connectivity index (χ3n) is 4.05. The molecule has 1 fully saturated rings. The molecule has 0 aromatic heterocycles. The van der Waals surface area contributed by atoms with Crippen molar-refractivity contribution in [3.8, 4) is 0 Å². The van der Waals surface area contributed by atoms with Gasteiger partial charge in [-0.3, -0.25) is 5.41 Å². The van der Waals surface area contributed by atoms with Gasteiger partial charge in [0.25, 0.3) is 0 Å². The molecule has 1 heterocycles. The van der Waals surface area contributed by atoms with E-state index in [0.29, 0.717) is 6.04 Å². The topological polar surface area (TPSA) is 53.1 Å². The maximum Gasteiger partial charge on any atom is 0.123 e. The van der Waals surface area contributed by atoms with Gasteiger partial charge in [-0.2, -0.15) is 0 Å². The van der Waals surface area contributed by atoms with Crippen LogP contribution in [0.5, 0.6) is 0 Å². The molecule has 2 aromatic rings. The summed E-state index contributed by atoms with van der Waals surface area (Å²) in [5, 5.41) is 9.97. The summed E-state index contributed by atoms with van der Waals surface area (Å²) in [6.45, 7) is 3.39. The minimum Gasteiger partial charge on any atom is -0.384 e. The van der Waals surface area contributed by atoms with E-state index in [4.69, 9.17) is 11.1 Å². The number of amidine groups is 1. The maximum atomic E-state index is 7.70. The third kappa shape index (κ3) is 1.95. The number of nitrogen functional groups attached to an aromatic ring is 1. The number of nitrogens with one attached hydrogen (secondary N) is 1. The van der Waals surface area contributed by atoms with Gasteiger partial charge >= 0.3 is 0 Å². The summed E-state index contributed by atoms with van der Waals surface area (Å²) in [6, 6.07) is 12.9. The number of anilines is 1. The lowest BCUT2D eigenvalue weighted by Gasteiger charge is -2.26. The Labute approximate surface area is 113 Å². The van der Waals surface area contributed by atoms with Crippen molar-refractivity contribution in [1.29, 1.82) is 5.41 Å². The lowest BCUT2D eigenvalue weighted by atomic mass is 10.0. The summed E-state index contributed by atoms with van der Waals surface area (Å²) in [5.41, 5.74) is 7.77. The van der Waals surface area contributed by atoms with E-state index in [1.54, 1.807) is 0 Å². The molecular formula is C16H19N3. The summed E-state index contributed by atoms with van der Waals surface area (Å²) in [5.74, 6) is 0.136. The second kappa shape index (κ2) is 4.57. The lowest BCUT2D eigenvalue weighted by Crippen LogP contribution is -2.26. The van der Waals surface area contributed by atoms with Crippen LogP contribution in [0.3, 0.4) is 0 Å². The molecule has 0 saturated carbocycles. The van der Waals surface area contributed by atoms with E-state index in [1.165, 1.54) is 23.9 Å². The van der Waals surface area contributed by atoms with Crippen molar-refractivity contribution in [3.05, 3.63) is 42.0 Å². The van der Waals surface area contributed by atoms with Crippen LogP contribution in [0.25, 0.3) is 10.8 Å². The standard InChI is InChI=1S/C16H19N3/c1-11-5-4-10-19(11)15-9-8-14(16(17)18)12-6-2-3-7-13(12)15/h2-3,6-9,11H,4-5,10H2,1H3,(H3,17,18). The van der Waals surface area contributed by atoms with Gasteiger partial charge in [-0.1, -0.05) is 24.3 Å².